The molecule has 6 rings (SSSR count). The summed E-state index contributed by atoms with van der Waals surface area (Å²) in [5, 5.41) is 0. The summed E-state index contributed by atoms with van der Waals surface area (Å²) in [6.45, 7) is 2.10. The van der Waals surface area contributed by atoms with Crippen molar-refractivity contribution in [1.82, 2.24) is 4.90 Å². The Morgan fingerprint density at radius 3 is 3.00 bits per heavy atom. The van der Waals surface area contributed by atoms with E-state index < -0.39 is 16.4 Å². The van der Waals surface area contributed by atoms with Crippen molar-refractivity contribution >= 4 is 17.4 Å². The molecule has 1 aromatic carbocycles. The highest BCUT2D eigenvalue weighted by atomic mass is 35.5. The van der Waals surface area contributed by atoms with Crippen molar-refractivity contribution in [3.05, 3.63) is 35.4 Å². The molecule has 0 N–H and O–H groups in total. The number of hydrogen-bond donors (Lipinski definition) is 0. The van der Waals surface area contributed by atoms with Crippen LogP contribution in [0.1, 0.15) is 30.4 Å². The van der Waals surface area contributed by atoms with Gasteiger partial charge in [0.15, 0.2) is 23.4 Å². The van der Waals surface area contributed by atoms with Crippen molar-refractivity contribution in [2.75, 3.05) is 20.2 Å². The number of carbonyl (C=O) groups excluding carboxylic acids is 1. The second-order valence-corrected chi connectivity index (χ2v) is 9.14. The SMILES string of the molecule is COc1ccc2c3c1OC1C(=O)C=CC4(Cl)C(C2)N(CC2CC2)CCC314. The van der Waals surface area contributed by atoms with Gasteiger partial charge < -0.3 is 9.47 Å². The largest absolute Gasteiger partial charge is 0.493 e. The molecule has 4 atom stereocenters. The van der Waals surface area contributed by atoms with Crippen molar-refractivity contribution in [2.45, 2.75) is 48.1 Å². The van der Waals surface area contributed by atoms with E-state index in [0.29, 0.717) is 5.75 Å². The lowest BCUT2D eigenvalue weighted by molar-refractivity contribution is -0.126. The molecule has 2 aliphatic heterocycles. The fraction of sp³-hybridized carbons (Fsp3) is 0.571. The van der Waals surface area contributed by atoms with Crippen LogP contribution >= 0.6 is 11.6 Å². The third-order valence-electron chi connectivity index (χ3n) is 7.31. The fourth-order valence-electron chi connectivity index (χ4n) is 5.96. The van der Waals surface area contributed by atoms with Crippen LogP contribution in [0.2, 0.25) is 0 Å². The number of carbonyl (C=O) groups is 1. The summed E-state index contributed by atoms with van der Waals surface area (Å²) in [6.07, 6.45) is 7.54. The van der Waals surface area contributed by atoms with E-state index in [9.17, 15) is 4.79 Å². The smallest absolute Gasteiger partial charge is 0.196 e. The molecule has 0 aromatic heterocycles. The van der Waals surface area contributed by atoms with Crippen LogP contribution in [0.25, 0.3) is 0 Å². The molecule has 3 aliphatic carbocycles. The number of methoxy groups -OCH3 is 1. The van der Waals surface area contributed by atoms with Gasteiger partial charge in [-0.05, 0) is 55.9 Å². The lowest BCUT2D eigenvalue weighted by Gasteiger charge is -2.60. The van der Waals surface area contributed by atoms with Crippen LogP contribution in [-0.2, 0) is 16.6 Å². The van der Waals surface area contributed by atoms with Crippen molar-refractivity contribution in [1.29, 1.82) is 0 Å². The Bertz CT molecular complexity index is 863. The summed E-state index contributed by atoms with van der Waals surface area (Å²) in [4.78, 5) is 14.8. The Balaban J connectivity index is 1.59. The first-order valence-electron chi connectivity index (χ1n) is 9.61. The summed E-state index contributed by atoms with van der Waals surface area (Å²) in [5.41, 5.74) is 1.94. The first-order chi connectivity index (χ1) is 12.6. The molecule has 2 fully saturated rings. The Morgan fingerprint density at radius 2 is 2.23 bits per heavy atom. The van der Waals surface area contributed by atoms with E-state index in [-0.39, 0.29) is 11.8 Å². The van der Waals surface area contributed by atoms with Crippen LogP contribution < -0.4 is 9.47 Å². The molecule has 5 aliphatic rings. The standard InChI is InChI=1S/C21H22ClNO3/c1-25-15-5-4-13-10-16-21(22)7-6-14(24)19-20(21,17(13)18(15)26-19)8-9-23(16)11-12-2-3-12/h4-7,12,16,19H,2-3,8-11H2,1H3. The normalized spacial score (nSPS) is 39.5. The molecule has 5 heteroatoms. The highest BCUT2D eigenvalue weighted by Gasteiger charge is 2.71. The van der Waals surface area contributed by atoms with Crippen LogP contribution in [0.15, 0.2) is 24.3 Å². The maximum absolute atomic E-state index is 12.8. The monoisotopic (exact) mass is 371 g/mol. The number of benzene rings is 1. The minimum Gasteiger partial charge on any atom is -0.493 e. The van der Waals surface area contributed by atoms with Gasteiger partial charge in [-0.2, -0.15) is 0 Å². The lowest BCUT2D eigenvalue weighted by Crippen LogP contribution is -2.73. The van der Waals surface area contributed by atoms with Crippen LogP contribution in [-0.4, -0.2) is 47.9 Å². The summed E-state index contributed by atoms with van der Waals surface area (Å²) >= 11 is 7.45. The predicted molar refractivity (Wildman–Crippen MR) is 98.2 cm³/mol. The molecule has 136 valence electrons. The molecular formula is C21H22ClNO3. The molecule has 1 spiro atoms. The first kappa shape index (κ1) is 15.5. The average Bonchev–Trinajstić information content (AvgIpc) is 3.37. The van der Waals surface area contributed by atoms with Crippen molar-refractivity contribution in [3.63, 3.8) is 0 Å². The molecule has 1 saturated carbocycles. The number of ether oxygens (including phenoxy) is 2. The number of rotatable bonds is 3. The lowest BCUT2D eigenvalue weighted by atomic mass is 9.53. The third-order valence-corrected chi connectivity index (χ3v) is 8.03. The van der Waals surface area contributed by atoms with Crippen LogP contribution in [0.3, 0.4) is 0 Å². The molecule has 4 unspecified atom stereocenters. The van der Waals surface area contributed by atoms with E-state index in [0.717, 1.165) is 43.2 Å². The van der Waals surface area contributed by atoms with Crippen LogP contribution in [0.5, 0.6) is 11.5 Å². The number of halogens is 1. The van der Waals surface area contributed by atoms with E-state index in [4.69, 9.17) is 21.1 Å². The number of piperidine rings is 1. The number of likely N-dealkylation sites (tertiary alicyclic amines) is 1. The second-order valence-electron chi connectivity index (χ2n) is 8.51. The first-order valence-corrected chi connectivity index (χ1v) is 9.99. The van der Waals surface area contributed by atoms with Gasteiger partial charge in [0.1, 0.15) is 0 Å². The van der Waals surface area contributed by atoms with Crippen molar-refractivity contribution in [3.8, 4) is 11.5 Å². The molecule has 2 bridgehead atoms. The maximum atomic E-state index is 12.8. The van der Waals surface area contributed by atoms with E-state index in [1.54, 1.807) is 13.2 Å². The van der Waals surface area contributed by atoms with Gasteiger partial charge in [-0.15, -0.1) is 11.6 Å². The Hall–Kier alpha value is -1.52. The van der Waals surface area contributed by atoms with Crippen molar-refractivity contribution < 1.29 is 14.3 Å². The number of hydrogen-bond acceptors (Lipinski definition) is 4. The van der Waals surface area contributed by atoms with Crippen molar-refractivity contribution in [2.24, 2.45) is 5.92 Å². The van der Waals surface area contributed by atoms with Crippen LogP contribution in [0, 0.1) is 5.92 Å². The third kappa shape index (κ3) is 1.64. The summed E-state index contributed by atoms with van der Waals surface area (Å²) in [6, 6.07) is 4.33. The minimum atomic E-state index is -0.594. The topological polar surface area (TPSA) is 38.8 Å². The average molecular weight is 372 g/mol. The zero-order chi connectivity index (χ0) is 17.7. The van der Waals surface area contributed by atoms with E-state index in [2.05, 4.69) is 11.0 Å². The van der Waals surface area contributed by atoms with E-state index in [1.165, 1.54) is 18.4 Å². The molecule has 0 amide bonds. The molecule has 26 heavy (non-hydrogen) atoms. The van der Waals surface area contributed by atoms with Gasteiger partial charge in [-0.1, -0.05) is 12.1 Å². The molecular weight excluding hydrogens is 350 g/mol. The molecule has 2 heterocycles. The molecule has 1 aromatic rings. The van der Waals surface area contributed by atoms with E-state index >= 15 is 0 Å². The van der Waals surface area contributed by atoms with Gasteiger partial charge in [0.05, 0.1) is 17.4 Å². The van der Waals surface area contributed by atoms with Crippen LogP contribution in [0.4, 0.5) is 0 Å². The molecule has 0 radical (unpaired) electrons. The Kier molecular flexibility index (Phi) is 2.89. The van der Waals surface area contributed by atoms with Gasteiger partial charge in [0, 0.05) is 18.2 Å². The zero-order valence-corrected chi connectivity index (χ0v) is 15.6. The maximum Gasteiger partial charge on any atom is 0.196 e. The quantitative estimate of drug-likeness (QED) is 0.766. The Morgan fingerprint density at radius 1 is 1.38 bits per heavy atom. The van der Waals surface area contributed by atoms with Gasteiger partial charge >= 0.3 is 0 Å². The number of nitrogens with zero attached hydrogens (tertiary/aromatic N) is 1. The van der Waals surface area contributed by atoms with Gasteiger partial charge in [-0.25, -0.2) is 0 Å². The van der Waals surface area contributed by atoms with E-state index in [1.807, 2.05) is 12.1 Å². The fourth-order valence-corrected chi connectivity index (χ4v) is 6.52. The summed E-state index contributed by atoms with van der Waals surface area (Å²) in [7, 11) is 1.65. The predicted octanol–water partition coefficient (Wildman–Crippen LogP) is 2.85. The highest BCUT2D eigenvalue weighted by Crippen LogP contribution is 2.65. The number of alkyl halides is 1. The molecule has 4 nitrogen and oxygen atoms in total. The minimum absolute atomic E-state index is 0.0294. The van der Waals surface area contributed by atoms with Gasteiger partial charge in [0.25, 0.3) is 0 Å². The summed E-state index contributed by atoms with van der Waals surface area (Å²) < 4.78 is 11.8. The second kappa shape index (κ2) is 4.85. The molecule has 1 saturated heterocycles. The summed E-state index contributed by atoms with van der Waals surface area (Å²) in [5.74, 6) is 2.30. The number of ketones is 1. The highest BCUT2D eigenvalue weighted by molar-refractivity contribution is 6.29. The Labute approximate surface area is 158 Å². The zero-order valence-electron chi connectivity index (χ0n) is 14.8. The van der Waals surface area contributed by atoms with Gasteiger partial charge in [0.2, 0.25) is 0 Å². The van der Waals surface area contributed by atoms with Gasteiger partial charge in [-0.3, -0.25) is 9.69 Å².